The van der Waals surface area contributed by atoms with Crippen LogP contribution >= 0.6 is 15.9 Å². The molecule has 81 heavy (non-hydrogen) atoms. The van der Waals surface area contributed by atoms with Crippen LogP contribution in [0.5, 0.6) is 0 Å². The van der Waals surface area contributed by atoms with Crippen molar-refractivity contribution < 1.29 is 57.4 Å². The zero-order valence-corrected chi connectivity index (χ0v) is 53.2. The van der Waals surface area contributed by atoms with Crippen molar-refractivity contribution in [3.8, 4) is 0 Å². The summed E-state index contributed by atoms with van der Waals surface area (Å²) in [5.74, 6) is -3.70. The Hall–Kier alpha value is -5.27. The second-order valence-corrected chi connectivity index (χ2v) is 26.3. The van der Waals surface area contributed by atoms with Crippen molar-refractivity contribution >= 4 is 69.4 Å². The number of hydrogen-bond acceptors (Lipinski definition) is 12. The van der Waals surface area contributed by atoms with E-state index in [1.54, 1.807) is 41.5 Å². The first-order valence-corrected chi connectivity index (χ1v) is 30.4. The quantitative estimate of drug-likeness (QED) is 0.0141. The number of ether oxygens (including phenoxy) is 3. The van der Waals surface area contributed by atoms with Gasteiger partial charge in [0.05, 0.1) is 12.6 Å². The third kappa shape index (κ3) is 38.2. The lowest BCUT2D eigenvalue weighted by Crippen LogP contribution is -2.53. The Kier molecular flexibility index (Phi) is 35.0. The van der Waals surface area contributed by atoms with Gasteiger partial charge in [0.1, 0.15) is 23.3 Å². The van der Waals surface area contributed by atoms with E-state index in [2.05, 4.69) is 73.9 Å². The molecule has 0 aliphatic rings. The van der Waals surface area contributed by atoms with Crippen LogP contribution < -0.4 is 37.2 Å². The van der Waals surface area contributed by atoms with Gasteiger partial charge >= 0.3 is 24.1 Å². The van der Waals surface area contributed by atoms with Crippen LogP contribution in [0.3, 0.4) is 0 Å². The number of unbranched alkanes of at least 4 members (excludes halogenated alkanes) is 7. The molecule has 1 rings (SSSR count). The molecule has 462 valence electrons. The Balaban J connectivity index is 2.81. The molecule has 0 spiro atoms. The molecule has 0 fully saturated rings. The minimum atomic E-state index is -1.25. The minimum absolute atomic E-state index is 0.0406. The van der Waals surface area contributed by atoms with Crippen molar-refractivity contribution in [1.29, 1.82) is 0 Å². The Labute approximate surface area is 493 Å². The molecule has 3 unspecified atom stereocenters. The van der Waals surface area contributed by atoms with Gasteiger partial charge in [0.25, 0.3) is 5.78 Å². The molecule has 1 aromatic rings. The highest BCUT2D eigenvalue weighted by Crippen LogP contribution is 2.25. The number of carbonyl (C=O) groups excluding carboxylic acids is 9. The Morgan fingerprint density at radius 2 is 1.06 bits per heavy atom. The third-order valence-electron chi connectivity index (χ3n) is 12.9. The van der Waals surface area contributed by atoms with Gasteiger partial charge in [0.15, 0.2) is 0 Å². The molecule has 0 aromatic heterocycles. The maximum Gasteiger partial charge on any atom is 0.407 e. The number of nitrogens with one attached hydrogen (secondary N) is 7. The molecule has 20 heteroatoms. The average Bonchev–Trinajstić information content (AvgIpc) is 3.37. The number of amides is 7. The van der Waals surface area contributed by atoms with E-state index in [-0.39, 0.29) is 66.8 Å². The average molecular weight is 1210 g/mol. The van der Waals surface area contributed by atoms with Gasteiger partial charge in [-0.05, 0) is 160 Å². The van der Waals surface area contributed by atoms with E-state index in [0.717, 1.165) is 55.0 Å². The molecule has 0 bridgehead atoms. The molecule has 19 nitrogen and oxygen atoms in total. The zero-order chi connectivity index (χ0) is 61.2. The Bertz CT molecular complexity index is 2090. The molecule has 0 heterocycles. The predicted octanol–water partition coefficient (Wildman–Crippen LogP) is 10.1. The number of halogens is 1. The van der Waals surface area contributed by atoms with Gasteiger partial charge in [-0.2, -0.15) is 0 Å². The van der Waals surface area contributed by atoms with Gasteiger partial charge in [-0.1, -0.05) is 102 Å². The van der Waals surface area contributed by atoms with E-state index in [9.17, 15) is 43.2 Å². The summed E-state index contributed by atoms with van der Waals surface area (Å²) in [5, 5.41) is 20.0. The van der Waals surface area contributed by atoms with Gasteiger partial charge in [0, 0.05) is 49.4 Å². The van der Waals surface area contributed by atoms with Crippen LogP contribution in [0.1, 0.15) is 224 Å². The van der Waals surface area contributed by atoms with E-state index in [1.807, 2.05) is 52.0 Å². The molecule has 0 aliphatic carbocycles. The van der Waals surface area contributed by atoms with Crippen LogP contribution in [0.15, 0.2) is 28.7 Å². The fraction of sp³-hybridized carbons (Fsp3) is 0.754. The normalized spacial score (nSPS) is 13.3. The van der Waals surface area contributed by atoms with Crippen molar-refractivity contribution in [1.82, 2.24) is 37.2 Å². The number of esters is 2. The summed E-state index contributed by atoms with van der Waals surface area (Å²) in [5.41, 5.74) is -0.920. The number of alkyl carbamates (subject to hydrolysis) is 1. The second-order valence-electron chi connectivity index (χ2n) is 25.4. The summed E-state index contributed by atoms with van der Waals surface area (Å²) >= 11 is 3.43. The molecule has 0 radical (unpaired) electrons. The van der Waals surface area contributed by atoms with Crippen LogP contribution in [-0.2, 0) is 54.2 Å². The summed E-state index contributed by atoms with van der Waals surface area (Å²) in [6.45, 7) is 25.8. The SMILES string of the molecule is CCCCOC(=O)C(CCC(C)(C)C)NC(=O)NC(CCC(=O)NCCCCCCCC(=O)NC(CCCCNC(=O)OC(C)(C)C)C(=O)N[C@@H](CCCCNC(=O)CCCc1ccc(Br)cc1)C(=O)C(=O)OC(C)(C)C)C(C)(C)C. The molecular formula is C61H104BrN7O12. The molecular weight excluding hydrogens is 1100 g/mol. The summed E-state index contributed by atoms with van der Waals surface area (Å²) in [4.78, 5) is 118. The number of carbonyl (C=O) groups is 9. The zero-order valence-electron chi connectivity index (χ0n) is 51.6. The lowest BCUT2D eigenvalue weighted by Gasteiger charge is -2.32. The Morgan fingerprint density at radius 1 is 0.519 bits per heavy atom. The van der Waals surface area contributed by atoms with E-state index >= 15 is 0 Å². The van der Waals surface area contributed by atoms with E-state index in [0.29, 0.717) is 83.9 Å². The van der Waals surface area contributed by atoms with Crippen LogP contribution in [0.25, 0.3) is 0 Å². The van der Waals surface area contributed by atoms with Crippen molar-refractivity contribution in [3.05, 3.63) is 34.3 Å². The lowest BCUT2D eigenvalue weighted by atomic mass is 9.84. The van der Waals surface area contributed by atoms with E-state index < -0.39 is 65.1 Å². The smallest absolute Gasteiger partial charge is 0.407 e. The van der Waals surface area contributed by atoms with Gasteiger partial charge in [-0.15, -0.1) is 0 Å². The number of hydrogen-bond donors (Lipinski definition) is 7. The van der Waals surface area contributed by atoms with Gasteiger partial charge in [-0.3, -0.25) is 24.0 Å². The molecule has 0 saturated heterocycles. The van der Waals surface area contributed by atoms with Crippen LogP contribution in [0.4, 0.5) is 9.59 Å². The number of urea groups is 1. The number of Topliss-reactive ketones (excluding diaryl/α,β-unsaturated/α-hetero) is 1. The van der Waals surface area contributed by atoms with Gasteiger partial charge in [0.2, 0.25) is 23.6 Å². The number of rotatable bonds is 38. The first-order valence-electron chi connectivity index (χ1n) is 29.6. The monoisotopic (exact) mass is 1210 g/mol. The summed E-state index contributed by atoms with van der Waals surface area (Å²) < 4.78 is 17.1. The van der Waals surface area contributed by atoms with Crippen molar-refractivity contribution in [2.45, 2.75) is 260 Å². The summed E-state index contributed by atoms with van der Waals surface area (Å²) in [6.07, 6.45) is 10.3. The highest BCUT2D eigenvalue weighted by molar-refractivity contribution is 9.10. The van der Waals surface area contributed by atoms with Crippen LogP contribution in [-0.4, -0.2) is 115 Å². The minimum Gasteiger partial charge on any atom is -0.464 e. The lowest BCUT2D eigenvalue weighted by molar-refractivity contribution is -0.163. The van der Waals surface area contributed by atoms with E-state index in [4.69, 9.17) is 14.2 Å². The first-order chi connectivity index (χ1) is 37.8. The molecule has 0 aliphatic heterocycles. The van der Waals surface area contributed by atoms with Crippen LogP contribution in [0, 0.1) is 10.8 Å². The fourth-order valence-electron chi connectivity index (χ4n) is 8.28. The first kappa shape index (κ1) is 73.7. The number of ketones is 1. The largest absolute Gasteiger partial charge is 0.464 e. The van der Waals surface area contributed by atoms with Gasteiger partial charge < -0.3 is 51.4 Å². The Morgan fingerprint density at radius 3 is 1.64 bits per heavy atom. The molecule has 1 aromatic carbocycles. The summed E-state index contributed by atoms with van der Waals surface area (Å²) in [7, 11) is 0. The topological polar surface area (TPSA) is 266 Å². The standard InChI is InChI=1S/C61H104BrN7O12/c1-14-15-42-79-54(75)47(37-38-58(2,3)4)68-56(77)69-48(59(5,6)7)35-36-50(71)64-39-22-18-16-17-19-29-51(72)66-46(28-21-24-41-65-57(78)81-61(11,12)13)53(74)67-45(52(73)55(76)80-60(8,9)10)27-20-23-40-63-49(70)30-25-26-43-31-33-44(62)34-32-43/h31-34,45-48H,14-30,35-42H2,1-13H3,(H,63,70)(H,64,71)(H,65,78)(H,66,72)(H,67,74)(H2,68,69,77)/t45-,46?,47?,48?/m0/s1. The highest BCUT2D eigenvalue weighted by Gasteiger charge is 2.34. The van der Waals surface area contributed by atoms with Gasteiger partial charge in [-0.25, -0.2) is 19.2 Å². The molecule has 4 atom stereocenters. The predicted molar refractivity (Wildman–Crippen MR) is 320 cm³/mol. The number of aryl methyl sites for hydroxylation is 1. The second kappa shape index (κ2) is 38.5. The maximum atomic E-state index is 14.0. The van der Waals surface area contributed by atoms with E-state index in [1.165, 1.54) is 0 Å². The molecule has 0 saturated carbocycles. The molecule has 7 N–H and O–H groups in total. The van der Waals surface area contributed by atoms with Crippen LogP contribution in [0.2, 0.25) is 0 Å². The highest BCUT2D eigenvalue weighted by atomic mass is 79.9. The third-order valence-corrected chi connectivity index (χ3v) is 13.5. The van der Waals surface area contributed by atoms with Crippen molar-refractivity contribution in [3.63, 3.8) is 0 Å². The maximum absolute atomic E-state index is 14.0. The fourth-order valence-corrected chi connectivity index (χ4v) is 8.54. The van der Waals surface area contributed by atoms with Crippen molar-refractivity contribution in [2.75, 3.05) is 26.2 Å². The summed E-state index contributed by atoms with van der Waals surface area (Å²) in [6, 6.07) is 4.02. The van der Waals surface area contributed by atoms with Crippen molar-refractivity contribution in [2.24, 2.45) is 10.8 Å². The number of benzene rings is 1. The molecule has 7 amide bonds.